The van der Waals surface area contributed by atoms with E-state index in [4.69, 9.17) is 0 Å². The van der Waals surface area contributed by atoms with E-state index < -0.39 is 20.0 Å². The van der Waals surface area contributed by atoms with Gasteiger partial charge in [-0.1, -0.05) is 54.1 Å². The van der Waals surface area contributed by atoms with Crippen molar-refractivity contribution in [3.63, 3.8) is 0 Å². The highest BCUT2D eigenvalue weighted by molar-refractivity contribution is 8.10. The summed E-state index contributed by atoms with van der Waals surface area (Å²) in [7, 11) is -8.65. The van der Waals surface area contributed by atoms with Gasteiger partial charge in [-0.2, -0.15) is 3.71 Å². The van der Waals surface area contributed by atoms with Crippen LogP contribution in [0.4, 0.5) is 5.69 Å². The number of anilines is 1. The first-order valence-corrected chi connectivity index (χ1v) is 10.7. The predicted octanol–water partition coefficient (Wildman–Crippen LogP) is 3.58. The Morgan fingerprint density at radius 1 is 0.577 bits per heavy atom. The molecule has 0 bridgehead atoms. The second-order valence-corrected chi connectivity index (χ2v) is 9.47. The molecular weight excluding hydrogens is 370 g/mol. The van der Waals surface area contributed by atoms with Gasteiger partial charge in [0.05, 0.1) is 15.5 Å². The van der Waals surface area contributed by atoms with Crippen molar-refractivity contribution >= 4 is 25.7 Å². The van der Waals surface area contributed by atoms with Crippen LogP contribution < -0.4 is 3.71 Å². The van der Waals surface area contributed by atoms with Gasteiger partial charge in [-0.05, 0) is 43.3 Å². The van der Waals surface area contributed by atoms with Crippen molar-refractivity contribution in [2.24, 2.45) is 0 Å². The molecule has 0 atom stereocenters. The highest BCUT2D eigenvalue weighted by Crippen LogP contribution is 2.30. The third kappa shape index (κ3) is 3.36. The Morgan fingerprint density at radius 2 is 0.962 bits per heavy atom. The highest BCUT2D eigenvalue weighted by atomic mass is 32.3. The van der Waals surface area contributed by atoms with Crippen LogP contribution in [-0.2, 0) is 20.0 Å². The molecule has 5 nitrogen and oxygen atoms in total. The normalized spacial score (nSPS) is 11.9. The van der Waals surface area contributed by atoms with E-state index in [1.165, 1.54) is 36.4 Å². The Labute approximate surface area is 153 Å². The van der Waals surface area contributed by atoms with E-state index >= 15 is 0 Å². The molecule has 0 saturated carbocycles. The molecular formula is C19H17NO4S2. The van der Waals surface area contributed by atoms with Gasteiger partial charge in [0.1, 0.15) is 0 Å². The zero-order valence-electron chi connectivity index (χ0n) is 14.0. The molecule has 0 radical (unpaired) electrons. The Bertz CT molecular complexity index is 1020. The van der Waals surface area contributed by atoms with Crippen LogP contribution >= 0.6 is 0 Å². The molecule has 3 aromatic carbocycles. The summed E-state index contributed by atoms with van der Waals surface area (Å²) in [5, 5.41) is 0. The summed E-state index contributed by atoms with van der Waals surface area (Å²) >= 11 is 0. The fraction of sp³-hybridized carbons (Fsp3) is 0.0526. The standard InChI is InChI=1S/C19H17NO4S2/c1-16-12-14-17(15-13-16)20(25(21,22)18-8-4-2-5-9-18)26(23,24)19-10-6-3-7-11-19/h2-15H,1H3. The van der Waals surface area contributed by atoms with Crippen LogP contribution in [0.1, 0.15) is 5.56 Å². The molecule has 0 unspecified atom stereocenters. The van der Waals surface area contributed by atoms with Crippen molar-refractivity contribution in [3.8, 4) is 0 Å². The van der Waals surface area contributed by atoms with Crippen LogP contribution in [-0.4, -0.2) is 16.8 Å². The lowest BCUT2D eigenvalue weighted by Crippen LogP contribution is -2.37. The van der Waals surface area contributed by atoms with Crippen LogP contribution in [0.2, 0.25) is 0 Å². The minimum atomic E-state index is -4.33. The molecule has 0 heterocycles. The van der Waals surface area contributed by atoms with Gasteiger partial charge in [-0.3, -0.25) is 0 Å². The number of aryl methyl sites for hydroxylation is 1. The maximum Gasteiger partial charge on any atom is 0.277 e. The number of hydrogen-bond acceptors (Lipinski definition) is 4. The Hall–Kier alpha value is -2.64. The van der Waals surface area contributed by atoms with Crippen LogP contribution in [0.15, 0.2) is 94.7 Å². The van der Waals surface area contributed by atoms with Crippen LogP contribution in [0.3, 0.4) is 0 Å². The Balaban J connectivity index is 2.26. The highest BCUT2D eigenvalue weighted by Gasteiger charge is 2.36. The van der Waals surface area contributed by atoms with Crippen molar-refractivity contribution in [2.45, 2.75) is 16.7 Å². The van der Waals surface area contributed by atoms with Gasteiger partial charge >= 0.3 is 0 Å². The summed E-state index contributed by atoms with van der Waals surface area (Å²) in [6, 6.07) is 21.3. The first-order chi connectivity index (χ1) is 12.3. The molecule has 0 amide bonds. The second-order valence-electron chi connectivity index (χ2n) is 5.67. The molecule has 26 heavy (non-hydrogen) atoms. The topological polar surface area (TPSA) is 71.5 Å². The SMILES string of the molecule is Cc1ccc(N(S(=O)(=O)c2ccccc2)S(=O)(=O)c2ccccc2)cc1. The zero-order valence-corrected chi connectivity index (χ0v) is 15.6. The summed E-state index contributed by atoms with van der Waals surface area (Å²) in [5.74, 6) is 0. The van der Waals surface area contributed by atoms with Crippen molar-refractivity contribution in [2.75, 3.05) is 3.71 Å². The van der Waals surface area contributed by atoms with Crippen molar-refractivity contribution in [3.05, 3.63) is 90.5 Å². The van der Waals surface area contributed by atoms with E-state index in [2.05, 4.69) is 0 Å². The third-order valence-corrected chi connectivity index (χ3v) is 7.97. The summed E-state index contributed by atoms with van der Waals surface area (Å²) in [6.45, 7) is 1.84. The van der Waals surface area contributed by atoms with Gasteiger partial charge in [-0.15, -0.1) is 0 Å². The summed E-state index contributed by atoms with van der Waals surface area (Å²) in [5.41, 5.74) is 0.950. The minimum Gasteiger partial charge on any atom is -0.200 e. The number of rotatable bonds is 5. The molecule has 0 N–H and O–H groups in total. The maximum absolute atomic E-state index is 13.2. The number of benzene rings is 3. The molecule has 0 aromatic heterocycles. The molecule has 134 valence electrons. The minimum absolute atomic E-state index is 0.0586. The van der Waals surface area contributed by atoms with E-state index in [9.17, 15) is 16.8 Å². The van der Waals surface area contributed by atoms with Gasteiger partial charge in [0.15, 0.2) is 0 Å². The van der Waals surface area contributed by atoms with Gasteiger partial charge in [0.25, 0.3) is 20.0 Å². The summed E-state index contributed by atoms with van der Waals surface area (Å²) in [4.78, 5) is -0.194. The molecule has 0 aliphatic carbocycles. The molecule has 3 aromatic rings. The molecule has 0 aliphatic heterocycles. The number of nitrogens with zero attached hydrogens (tertiary/aromatic N) is 1. The quantitative estimate of drug-likeness (QED) is 0.671. The summed E-state index contributed by atoms with van der Waals surface area (Å²) < 4.78 is 53.2. The Morgan fingerprint density at radius 3 is 1.35 bits per heavy atom. The van der Waals surface area contributed by atoms with E-state index in [-0.39, 0.29) is 15.5 Å². The number of hydrogen-bond donors (Lipinski definition) is 0. The summed E-state index contributed by atoms with van der Waals surface area (Å²) in [6.07, 6.45) is 0. The smallest absolute Gasteiger partial charge is 0.200 e. The van der Waals surface area contributed by atoms with Crippen molar-refractivity contribution < 1.29 is 16.8 Å². The predicted molar refractivity (Wildman–Crippen MR) is 101 cm³/mol. The first-order valence-electron chi connectivity index (χ1n) is 7.81. The van der Waals surface area contributed by atoms with Gasteiger partial charge in [0.2, 0.25) is 0 Å². The van der Waals surface area contributed by atoms with Crippen LogP contribution in [0, 0.1) is 6.92 Å². The molecule has 0 spiro atoms. The lowest BCUT2D eigenvalue weighted by molar-refractivity contribution is 0.584. The van der Waals surface area contributed by atoms with E-state index in [0.717, 1.165) is 5.56 Å². The number of sulfonamides is 2. The van der Waals surface area contributed by atoms with Gasteiger partial charge in [0, 0.05) is 0 Å². The zero-order chi connectivity index (χ0) is 18.8. The Kier molecular flexibility index (Phi) is 4.84. The first kappa shape index (κ1) is 18.2. The van der Waals surface area contributed by atoms with Crippen molar-refractivity contribution in [1.82, 2.24) is 0 Å². The molecule has 3 rings (SSSR count). The molecule has 0 saturated heterocycles. The van der Waals surface area contributed by atoms with Crippen LogP contribution in [0.5, 0.6) is 0 Å². The molecule has 0 fully saturated rings. The lowest BCUT2D eigenvalue weighted by Gasteiger charge is -2.24. The molecule has 7 heteroatoms. The van der Waals surface area contributed by atoms with Crippen molar-refractivity contribution in [1.29, 1.82) is 0 Å². The second kappa shape index (κ2) is 6.93. The maximum atomic E-state index is 13.2. The van der Waals surface area contributed by atoms with Gasteiger partial charge in [-0.25, -0.2) is 16.8 Å². The largest absolute Gasteiger partial charge is 0.277 e. The van der Waals surface area contributed by atoms with Gasteiger partial charge < -0.3 is 0 Å². The fourth-order valence-corrected chi connectivity index (χ4v) is 6.18. The van der Waals surface area contributed by atoms with Crippen LogP contribution in [0.25, 0.3) is 0 Å². The monoisotopic (exact) mass is 387 g/mol. The van der Waals surface area contributed by atoms with E-state index in [1.807, 2.05) is 6.92 Å². The molecule has 0 aliphatic rings. The average Bonchev–Trinajstić information content (AvgIpc) is 2.65. The van der Waals surface area contributed by atoms with E-state index in [0.29, 0.717) is 3.71 Å². The lowest BCUT2D eigenvalue weighted by atomic mass is 10.2. The third-order valence-electron chi connectivity index (χ3n) is 3.76. The average molecular weight is 387 g/mol. The fourth-order valence-electron chi connectivity index (χ4n) is 2.45. The van der Waals surface area contributed by atoms with E-state index in [1.54, 1.807) is 48.5 Å².